The summed E-state index contributed by atoms with van der Waals surface area (Å²) in [6, 6.07) is 5.61. The van der Waals surface area contributed by atoms with Crippen molar-refractivity contribution in [2.75, 3.05) is 0 Å². The molecule has 0 radical (unpaired) electrons. The smallest absolute Gasteiger partial charge is 0.194 e. The van der Waals surface area contributed by atoms with Gasteiger partial charge in [0.2, 0.25) is 0 Å². The number of halogens is 5. The van der Waals surface area contributed by atoms with Gasteiger partial charge in [-0.2, -0.15) is 0 Å². The maximum absolute atomic E-state index is 13.5. The molecule has 106 valence electrons. The molecule has 2 aromatic rings. The monoisotopic (exact) mass is 304 g/mol. The molecule has 1 N–H and O–H groups in total. The van der Waals surface area contributed by atoms with E-state index in [0.717, 1.165) is 12.1 Å². The summed E-state index contributed by atoms with van der Waals surface area (Å²) in [6.07, 6.45) is -1.69. The van der Waals surface area contributed by atoms with Crippen LogP contribution in [0.4, 0.5) is 17.6 Å². The van der Waals surface area contributed by atoms with E-state index in [4.69, 9.17) is 11.6 Å². The summed E-state index contributed by atoms with van der Waals surface area (Å²) in [6.45, 7) is 0. The first-order valence-corrected chi connectivity index (χ1v) is 6.04. The molecular formula is C14H9ClF4O. The molecule has 6 heteroatoms. The number of benzene rings is 2. The summed E-state index contributed by atoms with van der Waals surface area (Å²) < 4.78 is 52.6. The molecule has 1 unspecified atom stereocenters. The Morgan fingerprint density at radius 2 is 1.65 bits per heavy atom. The van der Waals surface area contributed by atoms with Crippen LogP contribution in [-0.4, -0.2) is 5.11 Å². The van der Waals surface area contributed by atoms with Crippen molar-refractivity contribution in [2.24, 2.45) is 0 Å². The Hall–Kier alpha value is -1.59. The van der Waals surface area contributed by atoms with Crippen LogP contribution in [0.25, 0.3) is 0 Å². The lowest BCUT2D eigenvalue weighted by molar-refractivity contribution is 0.172. The molecule has 0 fully saturated rings. The molecule has 20 heavy (non-hydrogen) atoms. The minimum absolute atomic E-state index is 0.199. The Labute approximate surface area is 117 Å². The molecule has 0 aliphatic rings. The van der Waals surface area contributed by atoms with E-state index < -0.39 is 34.9 Å². The van der Waals surface area contributed by atoms with Gasteiger partial charge in [-0.25, -0.2) is 17.6 Å². The first-order chi connectivity index (χ1) is 9.41. The average Bonchev–Trinajstić information content (AvgIpc) is 2.41. The van der Waals surface area contributed by atoms with Gasteiger partial charge in [-0.1, -0.05) is 29.8 Å². The largest absolute Gasteiger partial charge is 0.388 e. The lowest BCUT2D eigenvalue weighted by Crippen LogP contribution is -2.07. The second-order valence-corrected chi connectivity index (χ2v) is 4.58. The third-order valence-corrected chi connectivity index (χ3v) is 3.29. The van der Waals surface area contributed by atoms with Crippen LogP contribution in [0.1, 0.15) is 17.2 Å². The Morgan fingerprint density at radius 3 is 2.35 bits per heavy atom. The first kappa shape index (κ1) is 14.8. The van der Waals surface area contributed by atoms with E-state index in [1.165, 1.54) is 12.1 Å². The van der Waals surface area contributed by atoms with Crippen LogP contribution < -0.4 is 0 Å². The number of aliphatic hydroxyl groups is 1. The van der Waals surface area contributed by atoms with Crippen molar-refractivity contribution in [1.82, 2.24) is 0 Å². The lowest BCUT2D eigenvalue weighted by Gasteiger charge is -2.13. The summed E-state index contributed by atoms with van der Waals surface area (Å²) in [5.41, 5.74) is -0.174. The highest BCUT2D eigenvalue weighted by Gasteiger charge is 2.20. The normalized spacial score (nSPS) is 12.5. The van der Waals surface area contributed by atoms with Crippen molar-refractivity contribution in [1.29, 1.82) is 0 Å². The van der Waals surface area contributed by atoms with E-state index >= 15 is 0 Å². The van der Waals surface area contributed by atoms with E-state index in [-0.39, 0.29) is 17.0 Å². The van der Waals surface area contributed by atoms with Gasteiger partial charge in [-0.15, -0.1) is 0 Å². The fourth-order valence-corrected chi connectivity index (χ4v) is 2.03. The topological polar surface area (TPSA) is 20.2 Å². The molecule has 0 aliphatic carbocycles. The van der Waals surface area contributed by atoms with Gasteiger partial charge >= 0.3 is 0 Å². The molecule has 0 spiro atoms. The van der Waals surface area contributed by atoms with Gasteiger partial charge in [0.05, 0.1) is 11.1 Å². The highest BCUT2D eigenvalue weighted by atomic mass is 35.5. The van der Waals surface area contributed by atoms with E-state index in [1.807, 2.05) is 0 Å². The minimum Gasteiger partial charge on any atom is -0.388 e. The van der Waals surface area contributed by atoms with Crippen molar-refractivity contribution < 1.29 is 22.7 Å². The number of hydrogen-bond donors (Lipinski definition) is 1. The molecule has 2 rings (SSSR count). The SMILES string of the molecule is OC(Cc1cccc(F)c1Cl)c1ccc(F)c(F)c1F. The zero-order valence-electron chi connectivity index (χ0n) is 10.0. The Morgan fingerprint density at radius 1 is 0.950 bits per heavy atom. The van der Waals surface area contributed by atoms with Crippen molar-refractivity contribution in [3.8, 4) is 0 Å². The summed E-state index contributed by atoms with van der Waals surface area (Å²) in [5.74, 6) is -5.15. The molecule has 0 amide bonds. The molecule has 0 bridgehead atoms. The molecule has 1 atom stereocenters. The summed E-state index contributed by atoms with van der Waals surface area (Å²) in [4.78, 5) is 0. The standard InChI is InChI=1S/C14H9ClF4O/c15-12-7(2-1-3-9(12)16)6-11(20)8-4-5-10(17)14(19)13(8)18/h1-5,11,20H,6H2. The zero-order valence-corrected chi connectivity index (χ0v) is 10.8. The predicted molar refractivity (Wildman–Crippen MR) is 66.4 cm³/mol. The third-order valence-electron chi connectivity index (χ3n) is 2.87. The second-order valence-electron chi connectivity index (χ2n) is 4.20. The van der Waals surface area contributed by atoms with Crippen LogP contribution >= 0.6 is 11.6 Å². The van der Waals surface area contributed by atoms with Crippen LogP contribution in [0.5, 0.6) is 0 Å². The van der Waals surface area contributed by atoms with Crippen LogP contribution in [-0.2, 0) is 6.42 Å². The average molecular weight is 305 g/mol. The van der Waals surface area contributed by atoms with Gasteiger partial charge in [0, 0.05) is 12.0 Å². The van der Waals surface area contributed by atoms with Crippen molar-refractivity contribution in [2.45, 2.75) is 12.5 Å². The van der Waals surface area contributed by atoms with Crippen LogP contribution in [0.2, 0.25) is 5.02 Å². The third kappa shape index (κ3) is 2.78. The Balaban J connectivity index is 2.31. The molecule has 1 nitrogen and oxygen atoms in total. The highest BCUT2D eigenvalue weighted by Crippen LogP contribution is 2.28. The number of aliphatic hydroxyl groups excluding tert-OH is 1. The van der Waals surface area contributed by atoms with Gasteiger partial charge in [-0.05, 0) is 17.7 Å². The maximum Gasteiger partial charge on any atom is 0.194 e. The van der Waals surface area contributed by atoms with Gasteiger partial charge in [0.25, 0.3) is 0 Å². The highest BCUT2D eigenvalue weighted by molar-refractivity contribution is 6.31. The number of hydrogen-bond acceptors (Lipinski definition) is 1. The van der Waals surface area contributed by atoms with Crippen LogP contribution in [0.15, 0.2) is 30.3 Å². The molecular weight excluding hydrogens is 296 g/mol. The Kier molecular flexibility index (Phi) is 4.30. The van der Waals surface area contributed by atoms with Gasteiger partial charge < -0.3 is 5.11 Å². The van der Waals surface area contributed by atoms with Crippen LogP contribution in [0, 0.1) is 23.3 Å². The molecule has 2 aromatic carbocycles. The maximum atomic E-state index is 13.5. The summed E-state index contributed by atoms with van der Waals surface area (Å²) >= 11 is 5.71. The second kappa shape index (κ2) is 5.81. The summed E-state index contributed by atoms with van der Waals surface area (Å²) in [5, 5.41) is 9.68. The van der Waals surface area contributed by atoms with Gasteiger partial charge in [0.1, 0.15) is 5.82 Å². The van der Waals surface area contributed by atoms with E-state index in [0.29, 0.717) is 6.07 Å². The molecule has 0 aromatic heterocycles. The zero-order chi connectivity index (χ0) is 14.9. The number of rotatable bonds is 3. The van der Waals surface area contributed by atoms with Crippen molar-refractivity contribution in [3.05, 3.63) is 69.8 Å². The lowest BCUT2D eigenvalue weighted by atomic mass is 10.0. The van der Waals surface area contributed by atoms with Crippen molar-refractivity contribution in [3.63, 3.8) is 0 Å². The minimum atomic E-state index is -1.66. The van der Waals surface area contributed by atoms with E-state index in [9.17, 15) is 22.7 Å². The molecule has 0 heterocycles. The van der Waals surface area contributed by atoms with Crippen molar-refractivity contribution >= 4 is 11.6 Å². The fourth-order valence-electron chi connectivity index (χ4n) is 1.82. The van der Waals surface area contributed by atoms with Crippen LogP contribution in [0.3, 0.4) is 0 Å². The van der Waals surface area contributed by atoms with Gasteiger partial charge in [-0.3, -0.25) is 0 Å². The molecule has 0 saturated carbocycles. The Bertz CT molecular complexity index is 645. The fraction of sp³-hybridized carbons (Fsp3) is 0.143. The van der Waals surface area contributed by atoms with Gasteiger partial charge in [0.15, 0.2) is 17.5 Å². The molecule has 0 aliphatic heterocycles. The van der Waals surface area contributed by atoms with E-state index in [2.05, 4.69) is 0 Å². The predicted octanol–water partition coefficient (Wildman–Crippen LogP) is 4.17. The van der Waals surface area contributed by atoms with E-state index in [1.54, 1.807) is 0 Å². The quantitative estimate of drug-likeness (QED) is 0.666. The first-order valence-electron chi connectivity index (χ1n) is 5.66. The summed E-state index contributed by atoms with van der Waals surface area (Å²) in [7, 11) is 0. The molecule has 0 saturated heterocycles.